The fourth-order valence-electron chi connectivity index (χ4n) is 2.05. The van der Waals surface area contributed by atoms with E-state index < -0.39 is 6.10 Å². The molecule has 1 amide bonds. The summed E-state index contributed by atoms with van der Waals surface area (Å²) >= 11 is 0. The molecule has 1 aliphatic heterocycles. The largest absolute Gasteiger partial charge is 0.490 e. The third-order valence-corrected chi connectivity index (χ3v) is 3.04. The van der Waals surface area contributed by atoms with Crippen molar-refractivity contribution in [3.8, 4) is 11.5 Å². The number of carbonyl (C=O) groups excluding carboxylic acids is 2. The van der Waals surface area contributed by atoms with Gasteiger partial charge in [-0.2, -0.15) is 0 Å². The Labute approximate surface area is 118 Å². The number of ether oxygens (including phenoxy) is 2. The molecule has 1 N–H and O–H groups in total. The summed E-state index contributed by atoms with van der Waals surface area (Å²) in [5.74, 6) is 0.851. The van der Waals surface area contributed by atoms with Crippen LogP contribution in [0.1, 0.15) is 37.6 Å². The molecule has 0 aliphatic carbocycles. The minimum atomic E-state index is -0.548. The van der Waals surface area contributed by atoms with Crippen LogP contribution >= 0.6 is 0 Å². The molecule has 20 heavy (non-hydrogen) atoms. The van der Waals surface area contributed by atoms with Crippen LogP contribution < -0.4 is 14.8 Å². The van der Waals surface area contributed by atoms with E-state index in [2.05, 4.69) is 5.32 Å². The van der Waals surface area contributed by atoms with E-state index in [1.54, 1.807) is 12.1 Å². The maximum Gasteiger partial charge on any atom is 0.265 e. The first-order valence-electron chi connectivity index (χ1n) is 6.80. The standard InChI is InChI=1S/C15H19NO4/c1-4-5-19-12-7-10(8-17)6-11-14(12)20-13(9(2)3)15(18)16-11/h6-9,13H,4-5H2,1-3H3,(H,16,18). The number of carbonyl (C=O) groups is 2. The molecule has 0 bridgehead atoms. The van der Waals surface area contributed by atoms with Crippen LogP contribution in [0.2, 0.25) is 0 Å². The average molecular weight is 277 g/mol. The predicted octanol–water partition coefficient (Wildman–Crippen LogP) is 2.64. The summed E-state index contributed by atoms with van der Waals surface area (Å²) in [6.45, 7) is 6.36. The van der Waals surface area contributed by atoms with E-state index in [9.17, 15) is 9.59 Å². The van der Waals surface area contributed by atoms with Crippen molar-refractivity contribution < 1.29 is 19.1 Å². The van der Waals surface area contributed by atoms with E-state index in [4.69, 9.17) is 9.47 Å². The van der Waals surface area contributed by atoms with Crippen LogP contribution in [0.25, 0.3) is 0 Å². The Hall–Kier alpha value is -2.04. The predicted molar refractivity (Wildman–Crippen MR) is 75.5 cm³/mol. The average Bonchev–Trinajstić information content (AvgIpc) is 2.43. The Morgan fingerprint density at radius 3 is 2.80 bits per heavy atom. The van der Waals surface area contributed by atoms with Gasteiger partial charge in [0.05, 0.1) is 12.3 Å². The van der Waals surface area contributed by atoms with Gasteiger partial charge in [0.1, 0.15) is 6.29 Å². The van der Waals surface area contributed by atoms with Gasteiger partial charge in [0, 0.05) is 5.56 Å². The van der Waals surface area contributed by atoms with Gasteiger partial charge in [-0.25, -0.2) is 0 Å². The van der Waals surface area contributed by atoms with Gasteiger partial charge < -0.3 is 14.8 Å². The third kappa shape index (κ3) is 2.76. The number of benzene rings is 1. The lowest BCUT2D eigenvalue weighted by Crippen LogP contribution is -2.40. The Morgan fingerprint density at radius 2 is 2.20 bits per heavy atom. The van der Waals surface area contributed by atoms with Gasteiger partial charge in [0.15, 0.2) is 17.6 Å². The number of rotatable bonds is 5. The van der Waals surface area contributed by atoms with Crippen molar-refractivity contribution in [2.75, 3.05) is 11.9 Å². The zero-order valence-corrected chi connectivity index (χ0v) is 11.9. The van der Waals surface area contributed by atoms with Crippen molar-refractivity contribution in [1.29, 1.82) is 0 Å². The van der Waals surface area contributed by atoms with Crippen LogP contribution in [-0.4, -0.2) is 24.9 Å². The molecule has 1 aromatic carbocycles. The Kier molecular flexibility index (Phi) is 4.27. The van der Waals surface area contributed by atoms with Crippen molar-refractivity contribution in [2.45, 2.75) is 33.3 Å². The molecule has 2 rings (SSSR count). The molecule has 1 heterocycles. The van der Waals surface area contributed by atoms with E-state index in [0.717, 1.165) is 12.7 Å². The molecule has 0 fully saturated rings. The summed E-state index contributed by atoms with van der Waals surface area (Å²) in [7, 11) is 0. The highest BCUT2D eigenvalue weighted by Crippen LogP contribution is 2.40. The van der Waals surface area contributed by atoms with Crippen molar-refractivity contribution in [2.24, 2.45) is 5.92 Å². The molecule has 0 saturated heterocycles. The molecule has 1 aliphatic rings. The van der Waals surface area contributed by atoms with Crippen LogP contribution in [0, 0.1) is 5.92 Å². The van der Waals surface area contributed by atoms with E-state index >= 15 is 0 Å². The maximum atomic E-state index is 12.0. The van der Waals surface area contributed by atoms with Crippen LogP contribution in [0.15, 0.2) is 12.1 Å². The number of nitrogens with one attached hydrogen (secondary N) is 1. The molecule has 0 aromatic heterocycles. The molecule has 5 nitrogen and oxygen atoms in total. The van der Waals surface area contributed by atoms with Crippen LogP contribution in [-0.2, 0) is 4.79 Å². The molecule has 5 heteroatoms. The van der Waals surface area contributed by atoms with Gasteiger partial charge in [0.25, 0.3) is 5.91 Å². The summed E-state index contributed by atoms with van der Waals surface area (Å²) in [5.41, 5.74) is 0.935. The monoisotopic (exact) mass is 277 g/mol. The number of hydrogen-bond acceptors (Lipinski definition) is 4. The van der Waals surface area contributed by atoms with E-state index in [1.807, 2.05) is 20.8 Å². The SMILES string of the molecule is CCCOc1cc(C=O)cc2c1OC(C(C)C)C(=O)N2. The highest BCUT2D eigenvalue weighted by molar-refractivity contribution is 5.99. The second kappa shape index (κ2) is 5.94. The fraction of sp³-hybridized carbons (Fsp3) is 0.467. The number of hydrogen-bond donors (Lipinski definition) is 1. The lowest BCUT2D eigenvalue weighted by molar-refractivity contribution is -0.125. The van der Waals surface area contributed by atoms with Crippen molar-refractivity contribution >= 4 is 17.9 Å². The van der Waals surface area contributed by atoms with E-state index in [0.29, 0.717) is 29.4 Å². The molecule has 1 unspecified atom stereocenters. The van der Waals surface area contributed by atoms with E-state index in [1.165, 1.54) is 0 Å². The zero-order chi connectivity index (χ0) is 14.7. The van der Waals surface area contributed by atoms with Gasteiger partial charge in [-0.3, -0.25) is 9.59 Å². The normalized spacial score (nSPS) is 17.2. The van der Waals surface area contributed by atoms with Gasteiger partial charge in [-0.1, -0.05) is 20.8 Å². The Balaban J connectivity index is 2.41. The van der Waals surface area contributed by atoms with Gasteiger partial charge in [0.2, 0.25) is 0 Å². The lowest BCUT2D eigenvalue weighted by atomic mass is 10.0. The maximum absolute atomic E-state index is 12.0. The summed E-state index contributed by atoms with van der Waals surface area (Å²) in [6, 6.07) is 3.23. The highest BCUT2D eigenvalue weighted by Gasteiger charge is 2.32. The topological polar surface area (TPSA) is 64.6 Å². The summed E-state index contributed by atoms with van der Waals surface area (Å²) < 4.78 is 11.4. The van der Waals surface area contributed by atoms with Gasteiger partial charge >= 0.3 is 0 Å². The number of aldehydes is 1. The zero-order valence-electron chi connectivity index (χ0n) is 11.9. The molecule has 0 spiro atoms. The van der Waals surface area contributed by atoms with Gasteiger partial charge in [-0.15, -0.1) is 0 Å². The minimum Gasteiger partial charge on any atom is -0.490 e. The Morgan fingerprint density at radius 1 is 1.45 bits per heavy atom. The number of fused-ring (bicyclic) bond motifs is 1. The second-order valence-corrected chi connectivity index (χ2v) is 5.13. The molecule has 0 saturated carbocycles. The van der Waals surface area contributed by atoms with Crippen LogP contribution in [0.5, 0.6) is 11.5 Å². The first-order chi connectivity index (χ1) is 9.56. The van der Waals surface area contributed by atoms with Crippen LogP contribution in [0.4, 0.5) is 5.69 Å². The van der Waals surface area contributed by atoms with E-state index in [-0.39, 0.29) is 11.8 Å². The van der Waals surface area contributed by atoms with Crippen molar-refractivity contribution in [3.05, 3.63) is 17.7 Å². The molecule has 108 valence electrons. The number of amides is 1. The quantitative estimate of drug-likeness (QED) is 0.840. The molecule has 1 atom stereocenters. The minimum absolute atomic E-state index is 0.0490. The molecule has 0 radical (unpaired) electrons. The van der Waals surface area contributed by atoms with Crippen molar-refractivity contribution in [1.82, 2.24) is 0 Å². The Bertz CT molecular complexity index is 525. The van der Waals surface area contributed by atoms with Crippen LogP contribution in [0.3, 0.4) is 0 Å². The van der Waals surface area contributed by atoms with Crippen molar-refractivity contribution in [3.63, 3.8) is 0 Å². The first kappa shape index (κ1) is 14.4. The fourth-order valence-corrected chi connectivity index (χ4v) is 2.05. The van der Waals surface area contributed by atoms with Gasteiger partial charge in [-0.05, 0) is 24.5 Å². The second-order valence-electron chi connectivity index (χ2n) is 5.13. The summed E-state index contributed by atoms with van der Waals surface area (Å²) in [6.07, 6.45) is 1.02. The third-order valence-electron chi connectivity index (χ3n) is 3.04. The molecular weight excluding hydrogens is 258 g/mol. The molecule has 1 aromatic rings. The summed E-state index contributed by atoms with van der Waals surface area (Å²) in [4.78, 5) is 22.9. The smallest absolute Gasteiger partial charge is 0.265 e. The summed E-state index contributed by atoms with van der Waals surface area (Å²) in [5, 5.41) is 2.78. The highest BCUT2D eigenvalue weighted by atomic mass is 16.5. The molecular formula is C15H19NO4. The number of anilines is 1. The lowest BCUT2D eigenvalue weighted by Gasteiger charge is -2.29. The first-order valence-corrected chi connectivity index (χ1v) is 6.80.